The van der Waals surface area contributed by atoms with Crippen molar-refractivity contribution in [2.75, 3.05) is 18.5 Å². The number of carboxylic acids is 1. The first-order valence-electron chi connectivity index (χ1n) is 15.6. The zero-order valence-electron chi connectivity index (χ0n) is 26.3. The molecule has 2 N–H and O–H groups in total. The van der Waals surface area contributed by atoms with Crippen LogP contribution in [0.2, 0.25) is 0 Å². The van der Waals surface area contributed by atoms with Crippen molar-refractivity contribution >= 4 is 29.5 Å². The largest absolute Gasteiger partial charge is 0.478 e. The SMILES string of the molecule is Cc1ccccc1N=C=O.Cc1ccccc1NC(=O)N(CCO[C@@H]1CCC[C@H](OCc2cccc(C)c2C(=O)O)C1)C1CC1. The maximum atomic E-state index is 12.9. The number of carbonyl (C=O) groups is 2. The summed E-state index contributed by atoms with van der Waals surface area (Å²) in [5, 5.41) is 12.6. The molecule has 2 fully saturated rings. The minimum Gasteiger partial charge on any atom is -0.478 e. The van der Waals surface area contributed by atoms with E-state index < -0.39 is 5.97 Å². The highest BCUT2D eigenvalue weighted by Crippen LogP contribution is 2.29. The van der Waals surface area contributed by atoms with Gasteiger partial charge in [0.05, 0.1) is 36.7 Å². The molecule has 0 bridgehead atoms. The standard InChI is InChI=1S/C28H36N2O5.C8H7NO/c1-19-7-3-4-12-25(19)29-28(33)30(22-13-14-22)15-16-34-23-10-6-11-24(17-23)35-18-21-9-5-8-20(2)26(21)27(31)32;1-7-4-2-3-5-8(7)9-6-10/h3-5,7-9,12,22-24H,6,10-11,13-18H2,1-2H3,(H,29,33)(H,31,32);2-5H,1H3/t23-,24+;/m1./s1. The number of nitrogens with one attached hydrogen (secondary N) is 1. The van der Waals surface area contributed by atoms with Gasteiger partial charge in [0.2, 0.25) is 6.08 Å². The minimum absolute atomic E-state index is 0.0415. The number of hydrogen-bond donors (Lipinski definition) is 2. The van der Waals surface area contributed by atoms with E-state index in [4.69, 9.17) is 9.47 Å². The Morgan fingerprint density at radius 2 is 1.56 bits per heavy atom. The molecule has 0 saturated heterocycles. The van der Waals surface area contributed by atoms with Gasteiger partial charge in [0.15, 0.2) is 0 Å². The van der Waals surface area contributed by atoms with E-state index in [2.05, 4.69) is 10.3 Å². The van der Waals surface area contributed by atoms with Crippen LogP contribution in [-0.2, 0) is 20.9 Å². The van der Waals surface area contributed by atoms with Crippen molar-refractivity contribution in [3.05, 3.63) is 94.5 Å². The van der Waals surface area contributed by atoms with Crippen LogP contribution in [0.25, 0.3) is 0 Å². The molecule has 45 heavy (non-hydrogen) atoms. The number of urea groups is 1. The van der Waals surface area contributed by atoms with Gasteiger partial charge in [-0.3, -0.25) is 0 Å². The molecule has 3 aromatic carbocycles. The molecular formula is C36H43N3O6. The molecule has 0 heterocycles. The van der Waals surface area contributed by atoms with Crippen molar-refractivity contribution in [2.45, 2.75) is 84.2 Å². The number of hydrogen-bond acceptors (Lipinski definition) is 6. The van der Waals surface area contributed by atoms with Gasteiger partial charge in [0, 0.05) is 18.3 Å². The number of rotatable bonds is 11. The third-order valence-electron chi connectivity index (χ3n) is 8.23. The third-order valence-corrected chi connectivity index (χ3v) is 8.23. The van der Waals surface area contributed by atoms with Crippen LogP contribution in [0.1, 0.15) is 71.1 Å². The van der Waals surface area contributed by atoms with Crippen LogP contribution in [0.15, 0.2) is 71.7 Å². The van der Waals surface area contributed by atoms with Gasteiger partial charge in [-0.05, 0) is 93.7 Å². The Morgan fingerprint density at radius 1 is 0.889 bits per heavy atom. The van der Waals surface area contributed by atoms with Gasteiger partial charge in [0.1, 0.15) is 0 Å². The van der Waals surface area contributed by atoms with Crippen LogP contribution < -0.4 is 5.32 Å². The molecule has 9 heteroatoms. The van der Waals surface area contributed by atoms with Gasteiger partial charge in [0.25, 0.3) is 0 Å². The monoisotopic (exact) mass is 613 g/mol. The van der Waals surface area contributed by atoms with Crippen molar-refractivity contribution in [2.24, 2.45) is 4.99 Å². The number of isocyanates is 1. The number of para-hydroxylation sites is 2. The Morgan fingerprint density at radius 3 is 2.22 bits per heavy atom. The predicted molar refractivity (Wildman–Crippen MR) is 174 cm³/mol. The number of aryl methyl sites for hydroxylation is 3. The second-order valence-corrected chi connectivity index (χ2v) is 11.7. The maximum Gasteiger partial charge on any atom is 0.336 e. The zero-order chi connectivity index (χ0) is 32.2. The summed E-state index contributed by atoms with van der Waals surface area (Å²) >= 11 is 0. The van der Waals surface area contributed by atoms with Crippen LogP contribution in [0.4, 0.5) is 16.2 Å². The summed E-state index contributed by atoms with van der Waals surface area (Å²) in [5.41, 5.74) is 5.36. The Hall–Kier alpha value is -4.30. The Balaban J connectivity index is 0.000000392. The van der Waals surface area contributed by atoms with E-state index in [-0.39, 0.29) is 24.8 Å². The second kappa shape index (κ2) is 16.7. The summed E-state index contributed by atoms with van der Waals surface area (Å²) in [6, 6.07) is 20.9. The predicted octanol–water partition coefficient (Wildman–Crippen LogP) is 7.50. The van der Waals surface area contributed by atoms with Crippen LogP contribution >= 0.6 is 0 Å². The van der Waals surface area contributed by atoms with Crippen LogP contribution in [0, 0.1) is 20.8 Å². The zero-order valence-corrected chi connectivity index (χ0v) is 26.3. The Kier molecular flexibility index (Phi) is 12.5. The summed E-state index contributed by atoms with van der Waals surface area (Å²) in [6.45, 7) is 7.05. The molecule has 0 aliphatic heterocycles. The average molecular weight is 614 g/mol. The Bertz CT molecular complexity index is 1500. The van der Waals surface area contributed by atoms with Crippen molar-refractivity contribution in [1.29, 1.82) is 0 Å². The first-order chi connectivity index (χ1) is 21.8. The van der Waals surface area contributed by atoms with E-state index in [1.165, 1.54) is 6.08 Å². The molecule has 3 aromatic rings. The van der Waals surface area contributed by atoms with E-state index in [1.807, 2.05) is 86.3 Å². The minimum atomic E-state index is -0.918. The summed E-state index contributed by atoms with van der Waals surface area (Å²) in [7, 11) is 0. The number of aliphatic imine (C=N–C) groups is 1. The fourth-order valence-electron chi connectivity index (χ4n) is 5.56. The lowest BCUT2D eigenvalue weighted by Gasteiger charge is -2.30. The third kappa shape index (κ3) is 10.1. The smallest absolute Gasteiger partial charge is 0.336 e. The van der Waals surface area contributed by atoms with E-state index in [9.17, 15) is 19.5 Å². The molecule has 5 rings (SSSR count). The van der Waals surface area contributed by atoms with E-state index in [1.54, 1.807) is 6.07 Å². The summed E-state index contributed by atoms with van der Waals surface area (Å²) in [6.07, 6.45) is 7.42. The summed E-state index contributed by atoms with van der Waals surface area (Å²) in [5.74, 6) is -0.918. The molecule has 9 nitrogen and oxygen atoms in total. The van der Waals surface area contributed by atoms with Crippen LogP contribution in [0.3, 0.4) is 0 Å². The number of benzene rings is 3. The molecule has 0 aromatic heterocycles. The van der Waals surface area contributed by atoms with E-state index >= 15 is 0 Å². The number of aromatic carboxylic acids is 1. The summed E-state index contributed by atoms with van der Waals surface area (Å²) in [4.78, 5) is 39.8. The molecule has 2 saturated carbocycles. The maximum absolute atomic E-state index is 12.9. The number of amides is 2. The topological polar surface area (TPSA) is 118 Å². The molecule has 2 aliphatic carbocycles. The van der Waals surface area contributed by atoms with Gasteiger partial charge in [-0.25, -0.2) is 14.4 Å². The molecule has 0 radical (unpaired) electrons. The van der Waals surface area contributed by atoms with E-state index in [0.717, 1.165) is 60.9 Å². The molecule has 238 valence electrons. The highest BCUT2D eigenvalue weighted by Gasteiger charge is 2.33. The highest BCUT2D eigenvalue weighted by atomic mass is 16.5. The fraction of sp³-hybridized carbons (Fsp3) is 0.417. The van der Waals surface area contributed by atoms with Gasteiger partial charge in [-0.15, -0.1) is 0 Å². The van der Waals surface area contributed by atoms with Gasteiger partial charge in [-0.2, -0.15) is 4.99 Å². The van der Waals surface area contributed by atoms with Crippen molar-refractivity contribution in [3.8, 4) is 0 Å². The number of nitrogens with zero attached hydrogens (tertiary/aromatic N) is 2. The molecule has 2 aliphatic rings. The molecular weight excluding hydrogens is 570 g/mol. The van der Waals surface area contributed by atoms with E-state index in [0.29, 0.717) is 36.0 Å². The van der Waals surface area contributed by atoms with Crippen LogP contribution in [-0.4, -0.2) is 59.5 Å². The van der Waals surface area contributed by atoms with Crippen molar-refractivity contribution < 1.29 is 29.0 Å². The summed E-state index contributed by atoms with van der Waals surface area (Å²) < 4.78 is 12.3. The van der Waals surface area contributed by atoms with Crippen molar-refractivity contribution in [3.63, 3.8) is 0 Å². The van der Waals surface area contributed by atoms with Gasteiger partial charge >= 0.3 is 12.0 Å². The lowest BCUT2D eigenvalue weighted by molar-refractivity contribution is -0.0524. The molecule has 2 amide bonds. The highest BCUT2D eigenvalue weighted by molar-refractivity contribution is 5.91. The Labute approximate surface area is 265 Å². The van der Waals surface area contributed by atoms with Gasteiger partial charge < -0.3 is 24.8 Å². The first-order valence-corrected chi connectivity index (χ1v) is 15.6. The first kappa shape index (κ1) is 33.6. The van der Waals surface area contributed by atoms with Crippen molar-refractivity contribution in [1.82, 2.24) is 4.90 Å². The average Bonchev–Trinajstić information content (AvgIpc) is 3.86. The lowest BCUT2D eigenvalue weighted by atomic mass is 9.94. The second-order valence-electron chi connectivity index (χ2n) is 11.7. The quantitative estimate of drug-likeness (QED) is 0.171. The number of carboxylic acid groups (broad SMARTS) is 1. The van der Waals surface area contributed by atoms with Gasteiger partial charge in [-0.1, -0.05) is 54.6 Å². The normalized spacial score (nSPS) is 17.3. The van der Waals surface area contributed by atoms with Crippen LogP contribution in [0.5, 0.6) is 0 Å². The number of ether oxygens (including phenoxy) is 2. The molecule has 2 atom stereocenters. The lowest BCUT2D eigenvalue weighted by Crippen LogP contribution is -2.40. The number of carbonyl (C=O) groups excluding carboxylic acids is 2. The molecule has 0 spiro atoms. The number of anilines is 1. The fourth-order valence-corrected chi connectivity index (χ4v) is 5.56. The molecule has 0 unspecified atom stereocenters.